The molecule has 0 aliphatic carbocycles. The Hall–Kier alpha value is -3.56. The number of phenols is 1. The number of hydrogen-bond donors (Lipinski definition) is 4. The molecular weight excluding hydrogens is 509 g/mol. The number of aromatic hydroxyl groups is 1. The molecule has 0 heterocycles. The molecular formula is C27H28ClF3N2O4. The SMILES string of the molecule is Cc1cc(O)cc(C)c1C[C@H](N)C(=O)NCc1cc(Cc2ccccc2)ccc1Cl.O=C(O)C(F)(F)F. The first-order valence-corrected chi connectivity index (χ1v) is 11.6. The average molecular weight is 537 g/mol. The number of aryl methyl sites for hydroxylation is 2. The number of alkyl halides is 3. The monoisotopic (exact) mass is 536 g/mol. The van der Waals surface area contributed by atoms with Gasteiger partial charge < -0.3 is 21.3 Å². The maximum atomic E-state index is 12.6. The summed E-state index contributed by atoms with van der Waals surface area (Å²) in [7, 11) is 0. The molecule has 0 radical (unpaired) electrons. The Morgan fingerprint density at radius 2 is 1.57 bits per heavy atom. The summed E-state index contributed by atoms with van der Waals surface area (Å²) in [5.41, 5.74) is 12.2. The van der Waals surface area contributed by atoms with Crippen LogP contribution in [0.25, 0.3) is 0 Å². The van der Waals surface area contributed by atoms with Crippen molar-refractivity contribution < 1.29 is 33.0 Å². The first-order valence-electron chi connectivity index (χ1n) is 11.2. The fraction of sp³-hybridized carbons (Fsp3) is 0.259. The van der Waals surface area contributed by atoms with Crippen molar-refractivity contribution >= 4 is 23.5 Å². The van der Waals surface area contributed by atoms with Crippen molar-refractivity contribution in [3.05, 3.63) is 99.1 Å². The van der Waals surface area contributed by atoms with E-state index in [4.69, 9.17) is 27.2 Å². The van der Waals surface area contributed by atoms with Gasteiger partial charge in [0.1, 0.15) is 5.75 Å². The molecule has 0 aliphatic heterocycles. The van der Waals surface area contributed by atoms with Gasteiger partial charge in [-0.1, -0.05) is 54.1 Å². The number of phenolic OH excluding ortho intramolecular Hbond substituents is 1. The van der Waals surface area contributed by atoms with Crippen LogP contribution in [0.4, 0.5) is 13.2 Å². The minimum atomic E-state index is -5.08. The molecule has 0 unspecified atom stereocenters. The molecule has 0 saturated heterocycles. The quantitative estimate of drug-likeness (QED) is 0.337. The Kier molecular flexibility index (Phi) is 10.5. The molecule has 0 spiro atoms. The number of amides is 1. The van der Waals surface area contributed by atoms with Gasteiger partial charge >= 0.3 is 12.1 Å². The van der Waals surface area contributed by atoms with E-state index >= 15 is 0 Å². The fourth-order valence-corrected chi connectivity index (χ4v) is 3.81. The van der Waals surface area contributed by atoms with Crippen LogP contribution in [0.1, 0.15) is 33.4 Å². The van der Waals surface area contributed by atoms with Crippen LogP contribution in [0.2, 0.25) is 5.02 Å². The second-order valence-electron chi connectivity index (χ2n) is 8.48. The highest BCUT2D eigenvalue weighted by atomic mass is 35.5. The van der Waals surface area contributed by atoms with Crippen LogP contribution in [0.3, 0.4) is 0 Å². The summed E-state index contributed by atoms with van der Waals surface area (Å²) in [6.45, 7) is 4.14. The number of benzene rings is 3. The summed E-state index contributed by atoms with van der Waals surface area (Å²) in [4.78, 5) is 21.5. The van der Waals surface area contributed by atoms with Crippen LogP contribution in [0.5, 0.6) is 5.75 Å². The molecule has 3 aromatic rings. The predicted octanol–water partition coefficient (Wildman–Crippen LogP) is 5.07. The lowest BCUT2D eigenvalue weighted by atomic mass is 9.96. The zero-order chi connectivity index (χ0) is 27.8. The van der Waals surface area contributed by atoms with Gasteiger partial charge in [0.25, 0.3) is 0 Å². The van der Waals surface area contributed by atoms with Crippen LogP contribution < -0.4 is 11.1 Å². The van der Waals surface area contributed by atoms with E-state index in [1.807, 2.05) is 50.2 Å². The highest BCUT2D eigenvalue weighted by Gasteiger charge is 2.38. The standard InChI is InChI=1S/C25H27ClN2O2.C2HF3O2/c1-16-10-21(29)11-17(2)22(16)14-24(27)25(30)28-15-20-13-19(8-9-23(20)26)12-18-6-4-3-5-7-18;3-2(4,5)1(6)7/h3-11,13,24,29H,12,14-15,27H2,1-2H3,(H,28,30);(H,6,7)/t24-;/m0./s1. The third-order valence-electron chi connectivity index (χ3n) is 5.50. The van der Waals surface area contributed by atoms with Crippen LogP contribution >= 0.6 is 11.6 Å². The third-order valence-corrected chi connectivity index (χ3v) is 5.87. The number of rotatable bonds is 7. The number of carbonyl (C=O) groups is 2. The Morgan fingerprint density at radius 3 is 2.11 bits per heavy atom. The molecule has 0 aliphatic rings. The summed E-state index contributed by atoms with van der Waals surface area (Å²) in [6, 6.07) is 18.8. The van der Waals surface area contributed by atoms with Crippen molar-refractivity contribution in [2.75, 3.05) is 0 Å². The maximum absolute atomic E-state index is 12.6. The second-order valence-corrected chi connectivity index (χ2v) is 8.88. The van der Waals surface area contributed by atoms with E-state index in [1.54, 1.807) is 12.1 Å². The lowest BCUT2D eigenvalue weighted by Gasteiger charge is -2.17. The van der Waals surface area contributed by atoms with Gasteiger partial charge in [-0.05, 0) is 78.3 Å². The smallest absolute Gasteiger partial charge is 0.490 e. The molecule has 10 heteroatoms. The topological polar surface area (TPSA) is 113 Å². The van der Waals surface area contributed by atoms with Crippen LogP contribution in [-0.2, 0) is 29.0 Å². The molecule has 5 N–H and O–H groups in total. The van der Waals surface area contributed by atoms with Gasteiger partial charge in [0.05, 0.1) is 6.04 Å². The van der Waals surface area contributed by atoms with E-state index in [0.29, 0.717) is 18.0 Å². The number of carboxylic acid groups (broad SMARTS) is 1. The Bertz CT molecular complexity index is 1210. The number of carboxylic acids is 1. The second kappa shape index (κ2) is 13.1. The highest BCUT2D eigenvalue weighted by Crippen LogP contribution is 2.22. The summed E-state index contributed by atoms with van der Waals surface area (Å²) in [5, 5.41) is 20.3. The summed E-state index contributed by atoms with van der Waals surface area (Å²) >= 11 is 6.34. The number of nitrogens with one attached hydrogen (secondary N) is 1. The molecule has 6 nitrogen and oxygen atoms in total. The first-order chi connectivity index (χ1) is 17.3. The lowest BCUT2D eigenvalue weighted by Crippen LogP contribution is -2.42. The highest BCUT2D eigenvalue weighted by molar-refractivity contribution is 6.31. The van der Waals surface area contributed by atoms with Gasteiger partial charge in [-0.25, -0.2) is 4.79 Å². The van der Waals surface area contributed by atoms with Crippen molar-refractivity contribution in [3.8, 4) is 5.75 Å². The number of halogens is 4. The molecule has 0 aromatic heterocycles. The molecule has 0 saturated carbocycles. The summed E-state index contributed by atoms with van der Waals surface area (Å²) in [6.07, 6.45) is -3.87. The zero-order valence-corrected chi connectivity index (χ0v) is 21.0. The molecule has 3 rings (SSSR count). The molecule has 3 aromatic carbocycles. The van der Waals surface area contributed by atoms with E-state index in [1.165, 1.54) is 5.56 Å². The Labute approximate surface area is 217 Å². The van der Waals surface area contributed by atoms with Crippen molar-refractivity contribution in [2.45, 2.75) is 45.5 Å². The molecule has 0 fully saturated rings. The Balaban J connectivity index is 0.000000604. The fourth-order valence-electron chi connectivity index (χ4n) is 3.62. The van der Waals surface area contributed by atoms with Gasteiger partial charge in [-0.2, -0.15) is 13.2 Å². The van der Waals surface area contributed by atoms with Crippen molar-refractivity contribution in [1.29, 1.82) is 0 Å². The van der Waals surface area contributed by atoms with E-state index in [0.717, 1.165) is 34.2 Å². The first kappa shape index (κ1) is 29.7. The third kappa shape index (κ3) is 9.44. The predicted molar refractivity (Wildman–Crippen MR) is 135 cm³/mol. The van der Waals surface area contributed by atoms with Crippen molar-refractivity contribution in [2.24, 2.45) is 5.73 Å². The normalized spacial score (nSPS) is 11.8. The van der Waals surface area contributed by atoms with Crippen LogP contribution in [0, 0.1) is 13.8 Å². The molecule has 1 atom stereocenters. The summed E-state index contributed by atoms with van der Waals surface area (Å²) in [5.74, 6) is -2.77. The number of hydrogen-bond acceptors (Lipinski definition) is 4. The number of nitrogens with two attached hydrogens (primary N) is 1. The van der Waals surface area contributed by atoms with E-state index in [-0.39, 0.29) is 11.7 Å². The largest absolute Gasteiger partial charge is 0.508 e. The lowest BCUT2D eigenvalue weighted by molar-refractivity contribution is -0.192. The van der Waals surface area contributed by atoms with Gasteiger partial charge in [-0.3, -0.25) is 4.79 Å². The van der Waals surface area contributed by atoms with E-state index in [2.05, 4.69) is 17.4 Å². The Morgan fingerprint density at radius 1 is 1.00 bits per heavy atom. The maximum Gasteiger partial charge on any atom is 0.490 e. The minimum Gasteiger partial charge on any atom is -0.508 e. The van der Waals surface area contributed by atoms with Gasteiger partial charge in [0.15, 0.2) is 0 Å². The van der Waals surface area contributed by atoms with E-state index in [9.17, 15) is 23.1 Å². The van der Waals surface area contributed by atoms with Gasteiger partial charge in [0.2, 0.25) is 5.91 Å². The molecule has 198 valence electrons. The number of carbonyl (C=O) groups excluding carboxylic acids is 1. The summed E-state index contributed by atoms with van der Waals surface area (Å²) < 4.78 is 31.7. The van der Waals surface area contributed by atoms with Crippen molar-refractivity contribution in [3.63, 3.8) is 0 Å². The van der Waals surface area contributed by atoms with Crippen LogP contribution in [0.15, 0.2) is 60.7 Å². The van der Waals surface area contributed by atoms with E-state index < -0.39 is 18.2 Å². The average Bonchev–Trinajstić information content (AvgIpc) is 2.81. The molecule has 0 bridgehead atoms. The van der Waals surface area contributed by atoms with Gasteiger partial charge in [-0.15, -0.1) is 0 Å². The molecule has 1 amide bonds. The van der Waals surface area contributed by atoms with Crippen molar-refractivity contribution in [1.82, 2.24) is 5.32 Å². The number of aliphatic carboxylic acids is 1. The van der Waals surface area contributed by atoms with Crippen LogP contribution in [-0.4, -0.2) is 34.3 Å². The zero-order valence-electron chi connectivity index (χ0n) is 20.3. The minimum absolute atomic E-state index is 0.219. The van der Waals surface area contributed by atoms with Gasteiger partial charge in [0, 0.05) is 11.6 Å². The molecule has 37 heavy (non-hydrogen) atoms.